The van der Waals surface area contributed by atoms with Crippen LogP contribution < -0.4 is 5.32 Å². The van der Waals surface area contributed by atoms with E-state index in [1.807, 2.05) is 0 Å². The second kappa shape index (κ2) is 70.8. The minimum atomic E-state index is -0.672. The molecule has 0 aliphatic heterocycles. The first-order chi connectivity index (χ1) is 40.0. The Morgan fingerprint density at radius 1 is 0.346 bits per heavy atom. The summed E-state index contributed by atoms with van der Waals surface area (Å²) in [5.41, 5.74) is 0. The van der Waals surface area contributed by atoms with Crippen molar-refractivity contribution >= 4 is 11.9 Å². The van der Waals surface area contributed by atoms with E-state index in [0.717, 1.165) is 44.9 Å². The van der Waals surface area contributed by atoms with Gasteiger partial charge < -0.3 is 20.3 Å². The van der Waals surface area contributed by atoms with Crippen LogP contribution in [0.5, 0.6) is 0 Å². The van der Waals surface area contributed by atoms with Crippen molar-refractivity contribution in [1.82, 2.24) is 5.32 Å². The number of allylic oxidation sites excluding steroid dienone is 4. The van der Waals surface area contributed by atoms with Crippen LogP contribution in [0.1, 0.15) is 418 Å². The molecule has 0 heterocycles. The lowest BCUT2D eigenvalue weighted by Gasteiger charge is -2.22. The van der Waals surface area contributed by atoms with Crippen LogP contribution in [0.4, 0.5) is 0 Å². The lowest BCUT2D eigenvalue weighted by Crippen LogP contribution is -2.45. The van der Waals surface area contributed by atoms with Crippen molar-refractivity contribution in [2.45, 2.75) is 431 Å². The molecule has 1 amide bonds. The maximum atomic E-state index is 12.5. The number of hydrogen-bond donors (Lipinski definition) is 3. The number of nitrogens with one attached hydrogen (secondary N) is 1. The molecule has 81 heavy (non-hydrogen) atoms. The molecule has 0 spiro atoms. The van der Waals surface area contributed by atoms with Crippen molar-refractivity contribution in [2.24, 2.45) is 0 Å². The largest absolute Gasteiger partial charge is 0.466 e. The van der Waals surface area contributed by atoms with Crippen molar-refractivity contribution < 1.29 is 24.5 Å². The molecule has 0 aliphatic rings. The Bertz CT molecular complexity index is 1270. The number of rotatable bonds is 70. The highest BCUT2D eigenvalue weighted by molar-refractivity contribution is 5.76. The van der Waals surface area contributed by atoms with Crippen LogP contribution in [0.3, 0.4) is 0 Å². The van der Waals surface area contributed by atoms with Crippen LogP contribution in [0, 0.1) is 0 Å². The summed E-state index contributed by atoms with van der Waals surface area (Å²) in [6.07, 6.45) is 89.5. The summed E-state index contributed by atoms with van der Waals surface area (Å²) in [6, 6.07) is -0.550. The molecule has 0 radical (unpaired) electrons. The number of carbonyl (C=O) groups is 2. The molecule has 3 N–H and O–H groups in total. The zero-order valence-corrected chi connectivity index (χ0v) is 55.0. The molecule has 0 fully saturated rings. The fraction of sp³-hybridized carbons (Fsp3) is 0.920. The smallest absolute Gasteiger partial charge is 0.305 e. The highest BCUT2D eigenvalue weighted by Gasteiger charge is 2.20. The van der Waals surface area contributed by atoms with Crippen LogP contribution in [-0.4, -0.2) is 47.4 Å². The normalized spacial score (nSPS) is 12.6. The van der Waals surface area contributed by atoms with Gasteiger partial charge in [0.15, 0.2) is 0 Å². The summed E-state index contributed by atoms with van der Waals surface area (Å²) in [7, 11) is 0. The van der Waals surface area contributed by atoms with Crippen molar-refractivity contribution in [2.75, 3.05) is 13.2 Å². The third-order valence-electron chi connectivity index (χ3n) is 17.5. The van der Waals surface area contributed by atoms with Gasteiger partial charge >= 0.3 is 5.97 Å². The summed E-state index contributed by atoms with van der Waals surface area (Å²) < 4.78 is 5.51. The Kier molecular flexibility index (Phi) is 69.4. The second-order valence-electron chi connectivity index (χ2n) is 25.6. The molecule has 6 nitrogen and oxygen atoms in total. The lowest BCUT2D eigenvalue weighted by molar-refractivity contribution is -0.143. The van der Waals surface area contributed by atoms with E-state index in [0.29, 0.717) is 25.9 Å². The maximum Gasteiger partial charge on any atom is 0.305 e. The number of hydrogen-bond acceptors (Lipinski definition) is 5. The minimum absolute atomic E-state index is 0.0130. The molecule has 2 unspecified atom stereocenters. The lowest BCUT2D eigenvalue weighted by atomic mass is 10.0. The molecular formula is C75H145NO5. The quantitative estimate of drug-likeness (QED) is 0.0320. The predicted octanol–water partition coefficient (Wildman–Crippen LogP) is 24.1. The molecule has 2 atom stereocenters. The first-order valence-electron chi connectivity index (χ1n) is 37.1. The number of aliphatic hydroxyl groups excluding tert-OH is 2. The summed E-state index contributed by atoms with van der Waals surface area (Å²) >= 11 is 0. The van der Waals surface area contributed by atoms with E-state index in [1.54, 1.807) is 0 Å². The Labute approximate surface area is 507 Å². The molecule has 0 bridgehead atoms. The van der Waals surface area contributed by atoms with E-state index in [2.05, 4.69) is 43.5 Å². The first-order valence-corrected chi connectivity index (χ1v) is 37.1. The predicted molar refractivity (Wildman–Crippen MR) is 356 cm³/mol. The van der Waals surface area contributed by atoms with E-state index in [1.165, 1.54) is 340 Å². The van der Waals surface area contributed by atoms with Crippen LogP contribution in [0.15, 0.2) is 24.3 Å². The molecule has 0 aliphatic carbocycles. The standard InChI is InChI=1S/C75H145NO5/c1-3-5-7-9-11-13-15-17-19-21-23-24-28-32-35-39-43-47-51-55-59-63-67-73(78)72(71-77)76-74(79)68-64-60-56-52-48-44-40-36-33-29-26-25-27-30-34-38-42-46-50-54-58-62-66-70-81-75(80)69-65-61-57-53-49-45-41-37-31-22-20-18-16-14-12-10-8-6-4-2/h25,27,29,33,72-73,77-78H,3-24,26,28,30-32,34-71H2,1-2H3,(H,76,79)/b27-25-,33-29-. The van der Waals surface area contributed by atoms with E-state index in [9.17, 15) is 19.8 Å². The van der Waals surface area contributed by atoms with E-state index in [4.69, 9.17) is 4.74 Å². The average Bonchev–Trinajstić information content (AvgIpc) is 3.47. The number of unbranched alkanes of at least 4 members (excludes halogenated alkanes) is 55. The molecule has 0 aromatic heterocycles. The van der Waals surface area contributed by atoms with Gasteiger partial charge in [-0.25, -0.2) is 0 Å². The van der Waals surface area contributed by atoms with Crippen LogP contribution in [0.25, 0.3) is 0 Å². The van der Waals surface area contributed by atoms with Crippen LogP contribution in [-0.2, 0) is 14.3 Å². The molecule has 0 aromatic carbocycles. The van der Waals surface area contributed by atoms with Gasteiger partial charge in [0, 0.05) is 12.8 Å². The maximum absolute atomic E-state index is 12.5. The second-order valence-corrected chi connectivity index (χ2v) is 25.6. The average molecular weight is 1140 g/mol. The summed E-state index contributed by atoms with van der Waals surface area (Å²) in [5, 5.41) is 23.4. The number of esters is 1. The van der Waals surface area contributed by atoms with Crippen molar-refractivity contribution in [1.29, 1.82) is 0 Å². The third-order valence-corrected chi connectivity index (χ3v) is 17.5. The fourth-order valence-electron chi connectivity index (χ4n) is 11.9. The molecular weight excluding hydrogens is 995 g/mol. The fourth-order valence-corrected chi connectivity index (χ4v) is 11.9. The molecule has 0 aromatic rings. The van der Waals surface area contributed by atoms with Gasteiger partial charge in [-0.1, -0.05) is 372 Å². The Morgan fingerprint density at radius 2 is 0.617 bits per heavy atom. The molecule has 0 saturated carbocycles. The van der Waals surface area contributed by atoms with E-state index >= 15 is 0 Å². The topological polar surface area (TPSA) is 95.9 Å². The van der Waals surface area contributed by atoms with Gasteiger partial charge in [0.2, 0.25) is 5.91 Å². The zero-order chi connectivity index (χ0) is 58.5. The van der Waals surface area contributed by atoms with Gasteiger partial charge in [0.1, 0.15) is 0 Å². The minimum Gasteiger partial charge on any atom is -0.466 e. The number of aliphatic hydroxyl groups is 2. The highest BCUT2D eigenvalue weighted by Crippen LogP contribution is 2.19. The summed E-state index contributed by atoms with van der Waals surface area (Å²) in [5.74, 6) is -0.0278. The number of amides is 1. The van der Waals surface area contributed by atoms with Crippen molar-refractivity contribution in [3.8, 4) is 0 Å². The SMILES string of the molecule is CCCCCCCCCCCCCCCCCCCCCCCCC(O)C(CO)NC(=O)CCCCCCCCC/C=C\C/C=C\CCCCCCCCCCCOC(=O)CCCCCCCCCCCCCCCCCCCCC. The summed E-state index contributed by atoms with van der Waals surface area (Å²) in [4.78, 5) is 24.7. The van der Waals surface area contributed by atoms with Gasteiger partial charge in [-0.05, 0) is 57.8 Å². The zero-order valence-electron chi connectivity index (χ0n) is 55.0. The van der Waals surface area contributed by atoms with Gasteiger partial charge in [0.25, 0.3) is 0 Å². The molecule has 0 saturated heterocycles. The van der Waals surface area contributed by atoms with Gasteiger partial charge in [-0.3, -0.25) is 9.59 Å². The highest BCUT2D eigenvalue weighted by atomic mass is 16.5. The molecule has 6 heteroatoms. The van der Waals surface area contributed by atoms with E-state index < -0.39 is 12.1 Å². The van der Waals surface area contributed by atoms with E-state index in [-0.39, 0.29) is 18.5 Å². The van der Waals surface area contributed by atoms with Crippen molar-refractivity contribution in [3.05, 3.63) is 24.3 Å². The monoisotopic (exact) mass is 1140 g/mol. The summed E-state index contributed by atoms with van der Waals surface area (Å²) in [6.45, 7) is 4.99. The number of ether oxygens (including phenoxy) is 1. The van der Waals surface area contributed by atoms with Crippen LogP contribution >= 0.6 is 0 Å². The third kappa shape index (κ3) is 67.3. The Balaban J connectivity index is 3.42. The molecule has 0 rings (SSSR count). The van der Waals surface area contributed by atoms with Gasteiger partial charge in [-0.2, -0.15) is 0 Å². The van der Waals surface area contributed by atoms with Crippen molar-refractivity contribution in [3.63, 3.8) is 0 Å². The Morgan fingerprint density at radius 3 is 0.938 bits per heavy atom. The van der Waals surface area contributed by atoms with Gasteiger partial charge in [0.05, 0.1) is 25.4 Å². The first kappa shape index (κ1) is 79.3. The molecule has 480 valence electrons. The van der Waals surface area contributed by atoms with Gasteiger partial charge in [-0.15, -0.1) is 0 Å². The van der Waals surface area contributed by atoms with Crippen LogP contribution in [0.2, 0.25) is 0 Å². The number of carbonyl (C=O) groups excluding carboxylic acids is 2. The Hall–Kier alpha value is -1.66.